The third-order valence-corrected chi connectivity index (χ3v) is 3.55. The molecule has 3 rings (SSSR count). The molecule has 0 aliphatic carbocycles. The van der Waals surface area contributed by atoms with Gasteiger partial charge in [0.15, 0.2) is 0 Å². The van der Waals surface area contributed by atoms with E-state index in [1.165, 1.54) is 18.3 Å². The fourth-order valence-corrected chi connectivity index (χ4v) is 2.31. The second-order valence-electron chi connectivity index (χ2n) is 4.96. The van der Waals surface area contributed by atoms with Crippen molar-refractivity contribution in [2.24, 2.45) is 5.10 Å². The van der Waals surface area contributed by atoms with E-state index in [0.29, 0.717) is 16.3 Å². The molecule has 0 saturated carbocycles. The van der Waals surface area contributed by atoms with Crippen molar-refractivity contribution in [3.05, 3.63) is 74.9 Å². The Morgan fingerprint density at radius 3 is 2.67 bits per heavy atom. The number of amides is 1. The van der Waals surface area contributed by atoms with Gasteiger partial charge in [0.2, 0.25) is 0 Å². The van der Waals surface area contributed by atoms with Crippen molar-refractivity contribution in [2.75, 3.05) is 0 Å². The summed E-state index contributed by atoms with van der Waals surface area (Å²) in [5.74, 6) is -0.402. The second kappa shape index (κ2) is 6.51. The van der Waals surface area contributed by atoms with E-state index in [2.05, 4.69) is 15.5 Å². The number of H-pyrrole nitrogens is 1. The number of nitrogens with one attached hydrogen (secondary N) is 2. The fraction of sp³-hybridized carbons (Fsp3) is 0. The van der Waals surface area contributed by atoms with E-state index in [4.69, 9.17) is 11.6 Å². The van der Waals surface area contributed by atoms with Crippen LogP contribution in [0.25, 0.3) is 10.9 Å². The molecule has 0 aliphatic heterocycles. The summed E-state index contributed by atoms with van der Waals surface area (Å²) >= 11 is 5.91. The van der Waals surface area contributed by atoms with Gasteiger partial charge in [-0.1, -0.05) is 11.6 Å². The van der Waals surface area contributed by atoms with Crippen molar-refractivity contribution in [3.8, 4) is 0 Å². The molecule has 7 nitrogen and oxygen atoms in total. The first-order valence-electron chi connectivity index (χ1n) is 6.89. The van der Waals surface area contributed by atoms with Crippen LogP contribution in [-0.2, 0) is 0 Å². The Labute approximate surface area is 141 Å². The predicted octanol–water partition coefficient (Wildman–Crippen LogP) is 3.49. The topological polar surface area (TPSA) is 100 Å². The number of aromatic amines is 1. The summed E-state index contributed by atoms with van der Waals surface area (Å²) < 4.78 is 0. The van der Waals surface area contributed by atoms with E-state index in [1.807, 2.05) is 0 Å². The Kier molecular flexibility index (Phi) is 4.26. The number of nitrogens with zero attached hydrogens (tertiary/aromatic N) is 2. The van der Waals surface area contributed by atoms with E-state index in [0.717, 1.165) is 10.9 Å². The maximum atomic E-state index is 12.1. The summed E-state index contributed by atoms with van der Waals surface area (Å²) in [6.45, 7) is 0. The molecule has 120 valence electrons. The average molecular weight is 343 g/mol. The van der Waals surface area contributed by atoms with Gasteiger partial charge >= 0.3 is 0 Å². The van der Waals surface area contributed by atoms with Crippen molar-refractivity contribution in [3.63, 3.8) is 0 Å². The fourth-order valence-electron chi connectivity index (χ4n) is 2.13. The zero-order valence-corrected chi connectivity index (χ0v) is 12.9. The highest BCUT2D eigenvalue weighted by Crippen LogP contribution is 2.20. The molecular weight excluding hydrogens is 332 g/mol. The Balaban J connectivity index is 1.68. The molecule has 0 atom stereocenters. The summed E-state index contributed by atoms with van der Waals surface area (Å²) in [5.41, 5.74) is 4.17. The van der Waals surface area contributed by atoms with Gasteiger partial charge in [0.25, 0.3) is 11.6 Å². The third kappa shape index (κ3) is 3.41. The van der Waals surface area contributed by atoms with Gasteiger partial charge in [0.05, 0.1) is 11.1 Å². The van der Waals surface area contributed by atoms with E-state index >= 15 is 0 Å². The number of aromatic nitrogens is 1. The maximum absolute atomic E-state index is 12.1. The number of hydrogen-bond acceptors (Lipinski definition) is 4. The zero-order valence-electron chi connectivity index (χ0n) is 12.2. The first kappa shape index (κ1) is 15.7. The van der Waals surface area contributed by atoms with Crippen LogP contribution < -0.4 is 5.43 Å². The number of nitro benzene ring substituents is 1. The number of fused-ring (bicyclic) bond motifs is 1. The smallest absolute Gasteiger partial charge is 0.287 e. The average Bonchev–Trinajstić information content (AvgIpc) is 2.98. The lowest BCUT2D eigenvalue weighted by atomic mass is 10.2. The summed E-state index contributed by atoms with van der Waals surface area (Å²) in [6, 6.07) is 12.8. The van der Waals surface area contributed by atoms with Gasteiger partial charge in [-0.25, -0.2) is 5.43 Å². The molecule has 1 heterocycles. The SMILES string of the molecule is O=C(N/N=C/c1ccc([N+](=O)[O-])cc1)c1cc2cc(Cl)ccc2[nH]1. The van der Waals surface area contributed by atoms with Crippen LogP contribution in [0, 0.1) is 10.1 Å². The van der Waals surface area contributed by atoms with Gasteiger partial charge < -0.3 is 4.98 Å². The summed E-state index contributed by atoms with van der Waals surface area (Å²) in [6.07, 6.45) is 1.40. The van der Waals surface area contributed by atoms with Crippen molar-refractivity contribution < 1.29 is 9.72 Å². The molecule has 0 bridgehead atoms. The van der Waals surface area contributed by atoms with Gasteiger partial charge in [-0.05, 0) is 42.0 Å². The number of nitro groups is 1. The van der Waals surface area contributed by atoms with Gasteiger partial charge in [-0.15, -0.1) is 0 Å². The molecular formula is C16H11ClN4O3. The number of benzene rings is 2. The van der Waals surface area contributed by atoms with Crippen LogP contribution in [-0.4, -0.2) is 22.0 Å². The van der Waals surface area contributed by atoms with E-state index in [9.17, 15) is 14.9 Å². The highest BCUT2D eigenvalue weighted by Gasteiger charge is 2.09. The van der Waals surface area contributed by atoms with Crippen LogP contribution in [0.1, 0.15) is 16.1 Å². The number of carbonyl (C=O) groups excluding carboxylic acids is 1. The number of non-ortho nitro benzene ring substituents is 1. The molecule has 2 N–H and O–H groups in total. The molecule has 3 aromatic rings. The number of carbonyl (C=O) groups is 1. The Morgan fingerprint density at radius 1 is 1.21 bits per heavy atom. The molecule has 0 aliphatic rings. The molecule has 24 heavy (non-hydrogen) atoms. The first-order chi connectivity index (χ1) is 11.5. The Hall–Kier alpha value is -3.19. The van der Waals surface area contributed by atoms with E-state index < -0.39 is 10.8 Å². The molecule has 2 aromatic carbocycles. The van der Waals surface area contributed by atoms with E-state index in [-0.39, 0.29) is 5.69 Å². The van der Waals surface area contributed by atoms with Crippen LogP contribution >= 0.6 is 11.6 Å². The highest BCUT2D eigenvalue weighted by molar-refractivity contribution is 6.31. The molecule has 8 heteroatoms. The Morgan fingerprint density at radius 2 is 1.96 bits per heavy atom. The van der Waals surface area contributed by atoms with Crippen LogP contribution in [0.5, 0.6) is 0 Å². The van der Waals surface area contributed by atoms with Crippen molar-refractivity contribution in [1.82, 2.24) is 10.4 Å². The Bertz CT molecular complexity index is 948. The van der Waals surface area contributed by atoms with Crippen LogP contribution in [0.4, 0.5) is 5.69 Å². The van der Waals surface area contributed by atoms with Crippen LogP contribution in [0.2, 0.25) is 5.02 Å². The number of hydrogen-bond donors (Lipinski definition) is 2. The number of hydrazone groups is 1. The minimum absolute atomic E-state index is 0.00655. The van der Waals surface area contributed by atoms with Gasteiger partial charge in [0, 0.05) is 28.1 Å². The summed E-state index contributed by atoms with van der Waals surface area (Å²) in [7, 11) is 0. The largest absolute Gasteiger partial charge is 0.350 e. The zero-order chi connectivity index (χ0) is 17.1. The molecule has 0 fully saturated rings. The minimum Gasteiger partial charge on any atom is -0.350 e. The maximum Gasteiger partial charge on any atom is 0.287 e. The monoisotopic (exact) mass is 342 g/mol. The highest BCUT2D eigenvalue weighted by atomic mass is 35.5. The van der Waals surface area contributed by atoms with Crippen molar-refractivity contribution in [2.45, 2.75) is 0 Å². The molecule has 0 unspecified atom stereocenters. The lowest BCUT2D eigenvalue weighted by molar-refractivity contribution is -0.384. The predicted molar refractivity (Wildman–Crippen MR) is 91.5 cm³/mol. The second-order valence-corrected chi connectivity index (χ2v) is 5.40. The molecule has 0 saturated heterocycles. The standard InChI is InChI=1S/C16H11ClN4O3/c17-12-3-6-14-11(7-12)8-15(19-14)16(22)20-18-9-10-1-4-13(5-2-10)21(23)24/h1-9,19H,(H,20,22)/b18-9+. The minimum atomic E-state index is -0.481. The van der Waals surface area contributed by atoms with Gasteiger partial charge in [-0.3, -0.25) is 14.9 Å². The lowest BCUT2D eigenvalue weighted by Crippen LogP contribution is -2.17. The van der Waals surface area contributed by atoms with E-state index in [1.54, 1.807) is 36.4 Å². The normalized spacial score (nSPS) is 11.0. The first-order valence-corrected chi connectivity index (χ1v) is 7.27. The van der Waals surface area contributed by atoms with Crippen LogP contribution in [0.15, 0.2) is 53.6 Å². The third-order valence-electron chi connectivity index (χ3n) is 3.31. The molecule has 0 radical (unpaired) electrons. The summed E-state index contributed by atoms with van der Waals surface area (Å²) in [5, 5.41) is 15.8. The molecule has 1 amide bonds. The van der Waals surface area contributed by atoms with Crippen LogP contribution in [0.3, 0.4) is 0 Å². The van der Waals surface area contributed by atoms with Gasteiger partial charge in [-0.2, -0.15) is 5.10 Å². The number of rotatable bonds is 4. The molecule has 0 spiro atoms. The van der Waals surface area contributed by atoms with Crippen molar-refractivity contribution >= 4 is 40.3 Å². The number of halogens is 1. The quantitative estimate of drug-likeness (QED) is 0.431. The van der Waals surface area contributed by atoms with Crippen molar-refractivity contribution in [1.29, 1.82) is 0 Å². The van der Waals surface area contributed by atoms with Gasteiger partial charge in [0.1, 0.15) is 5.69 Å². The molecule has 1 aromatic heterocycles. The summed E-state index contributed by atoms with van der Waals surface area (Å²) in [4.78, 5) is 25.1. The lowest BCUT2D eigenvalue weighted by Gasteiger charge is -1.96.